The molecule has 8 heterocycles. The second-order valence-corrected chi connectivity index (χ2v) is 24.9. The van der Waals surface area contributed by atoms with Crippen molar-refractivity contribution >= 4 is 11.8 Å². The minimum atomic E-state index is -2.29. The summed E-state index contributed by atoms with van der Waals surface area (Å²) in [6.07, 6.45) is -78.8. The van der Waals surface area contributed by atoms with Crippen molar-refractivity contribution in [3.63, 3.8) is 0 Å². The molecule has 8 fully saturated rings. The van der Waals surface area contributed by atoms with Gasteiger partial charge in [-0.25, -0.2) is 0 Å². The van der Waals surface area contributed by atoms with E-state index in [4.69, 9.17) is 66.3 Å². The Morgan fingerprint density at radius 3 is 0.770 bits per heavy atom. The third-order valence-corrected chi connectivity index (χ3v) is 18.4. The molecule has 8 aliphatic rings. The fourth-order valence-corrected chi connectivity index (χ4v) is 12.3. The number of ether oxygens (including phenoxy) is 14. The van der Waals surface area contributed by atoms with E-state index in [2.05, 4.69) is 10.6 Å². The number of rotatable bonds is 24. The minimum absolute atomic E-state index is 0.292. The van der Waals surface area contributed by atoms with Gasteiger partial charge in [0.05, 0.1) is 52.9 Å². The van der Waals surface area contributed by atoms with Gasteiger partial charge in [0.15, 0.2) is 50.2 Å². The van der Waals surface area contributed by atoms with E-state index in [1.807, 2.05) is 0 Å². The predicted octanol–water partition coefficient (Wildman–Crippen LogP) is -18.3. The number of aliphatic hydroxyl groups is 26. The lowest BCUT2D eigenvalue weighted by atomic mass is 9.95. The van der Waals surface area contributed by atoms with Crippen molar-refractivity contribution in [2.75, 3.05) is 52.9 Å². The molecule has 574 valence electrons. The van der Waals surface area contributed by atoms with Crippen LogP contribution in [0.5, 0.6) is 0 Å². The molecule has 8 saturated heterocycles. The van der Waals surface area contributed by atoms with Crippen LogP contribution in [0.25, 0.3) is 0 Å². The Morgan fingerprint density at radius 1 is 0.270 bits per heavy atom. The highest BCUT2D eigenvalue weighted by Gasteiger charge is 2.58. The zero-order valence-corrected chi connectivity index (χ0v) is 52.2. The van der Waals surface area contributed by atoms with Gasteiger partial charge in [-0.3, -0.25) is 9.59 Å². The molecule has 0 aliphatic carbocycles. The first-order valence-electron chi connectivity index (χ1n) is 31.5. The highest BCUT2D eigenvalue weighted by Crippen LogP contribution is 2.37. The molecule has 0 radical (unpaired) electrons. The summed E-state index contributed by atoms with van der Waals surface area (Å²) in [5, 5.41) is 283. The van der Waals surface area contributed by atoms with Crippen LogP contribution in [0, 0.1) is 0 Å². The summed E-state index contributed by atoms with van der Waals surface area (Å²) < 4.78 is 78.6. The Balaban J connectivity index is 0.871. The van der Waals surface area contributed by atoms with E-state index in [1.54, 1.807) is 0 Å². The molecule has 0 unspecified atom stereocenters. The van der Waals surface area contributed by atoms with Crippen LogP contribution in [0.4, 0.5) is 0 Å². The first kappa shape index (κ1) is 80.7. The van der Waals surface area contributed by atoms with Crippen molar-refractivity contribution < 1.29 is 209 Å². The van der Waals surface area contributed by atoms with Crippen LogP contribution >= 0.6 is 0 Å². The number of nitrogens with one attached hydrogen (secondary N) is 2. The predicted molar refractivity (Wildman–Crippen MR) is 305 cm³/mol. The molecule has 0 aromatic heterocycles. The first-order valence-corrected chi connectivity index (χ1v) is 31.5. The van der Waals surface area contributed by atoms with E-state index in [-0.39, 0.29) is 11.1 Å². The summed E-state index contributed by atoms with van der Waals surface area (Å²) in [4.78, 5) is 27.7. The summed E-state index contributed by atoms with van der Waals surface area (Å²) in [6.45, 7) is -7.58. The summed E-state index contributed by atoms with van der Waals surface area (Å²) in [5.74, 6) is -2.18. The van der Waals surface area contributed by atoms with Crippen LogP contribution in [-0.4, -0.2) is 443 Å². The topological polar surface area (TPSA) is 713 Å². The molecule has 28 N–H and O–H groups in total. The lowest BCUT2D eigenvalue weighted by molar-refractivity contribution is -0.379. The van der Waals surface area contributed by atoms with E-state index in [0.717, 1.165) is 24.3 Å². The van der Waals surface area contributed by atoms with Gasteiger partial charge < -0.3 is 210 Å². The van der Waals surface area contributed by atoms with Crippen molar-refractivity contribution in [3.05, 3.63) is 35.4 Å². The summed E-state index contributed by atoms with van der Waals surface area (Å²) in [7, 11) is 0. The molecule has 1 aromatic carbocycles. The average molecular weight is 1460 g/mol. The van der Waals surface area contributed by atoms with Crippen molar-refractivity contribution in [1.29, 1.82) is 0 Å². The number of benzene rings is 1. The molecule has 44 heteroatoms. The van der Waals surface area contributed by atoms with Crippen LogP contribution in [0.15, 0.2) is 24.3 Å². The van der Waals surface area contributed by atoms with E-state index in [1.165, 1.54) is 0 Å². The van der Waals surface area contributed by atoms with Gasteiger partial charge in [0, 0.05) is 11.1 Å². The smallest absolute Gasteiger partial charge is 0.253 e. The quantitative estimate of drug-likeness (QED) is 0.0457. The molecule has 40 atom stereocenters. The van der Waals surface area contributed by atoms with Gasteiger partial charge in [-0.1, -0.05) is 0 Å². The molecule has 0 spiro atoms. The molecular weight excluding hydrogens is 1370 g/mol. The highest BCUT2D eigenvalue weighted by atomic mass is 16.8. The molecule has 100 heavy (non-hydrogen) atoms. The van der Waals surface area contributed by atoms with Gasteiger partial charge in [-0.05, 0) is 24.3 Å². The van der Waals surface area contributed by atoms with Gasteiger partial charge in [0.1, 0.15) is 195 Å². The third kappa shape index (κ3) is 17.0. The Labute approximate surface area is 563 Å². The Morgan fingerprint density at radius 2 is 0.490 bits per heavy atom. The number of hydrogen-bond acceptors (Lipinski definition) is 42. The molecule has 8 aliphatic heterocycles. The van der Waals surface area contributed by atoms with Gasteiger partial charge in [-0.15, -0.1) is 0 Å². The SMILES string of the molecule is O=C(N[C@@H]1O[C@H](CO)[C@@H](O)[C@H](O[C@H]2O[C@H](CO[C@H]3O[C@H](CO)[C@@H](O)[C@H](O)[C@@H]3O)[C@@H](O)[C@H](O[C@H]3O[C@H](CO)[C@@H](O)[C@H](O)[C@@H]3O)[C@@H]2O)[C@H]1O)c1ccc(C(=O)N[C@@H]2O[C@H](CO)[C@@H](O)[C@H](O[C@H]3O[C@H](CO[C@H]4O[C@H](CO)[C@@H](O)[C@H](O)[C@@H]4O)[C@@H](O)[C@H](O[C@H]4O[C@H](CO)[C@@H](O)[C@H](O)[C@@H]4O)[C@@H]3O)[C@H]2O)cc1. The maximum absolute atomic E-state index is 13.9. The lowest BCUT2D eigenvalue weighted by Gasteiger charge is -2.48. The van der Waals surface area contributed by atoms with Crippen LogP contribution in [0.1, 0.15) is 20.7 Å². The first-order chi connectivity index (χ1) is 47.4. The highest BCUT2D eigenvalue weighted by molar-refractivity contribution is 5.98. The molecule has 2 amide bonds. The number of carbonyl (C=O) groups is 2. The molecule has 0 saturated carbocycles. The van der Waals surface area contributed by atoms with Gasteiger partial charge in [0.25, 0.3) is 11.8 Å². The van der Waals surface area contributed by atoms with Crippen molar-refractivity contribution in [3.8, 4) is 0 Å². The summed E-state index contributed by atoms with van der Waals surface area (Å²) >= 11 is 0. The van der Waals surface area contributed by atoms with E-state index < -0.39 is 310 Å². The lowest BCUT2D eigenvalue weighted by Crippen LogP contribution is -2.68. The normalized spacial score (nSPS) is 48.8. The number of hydrogen-bond donors (Lipinski definition) is 28. The molecule has 9 rings (SSSR count). The standard InChI is InChI=1S/C56H88N2O42/c59-5-15-23(65)31(73)35(77)51(91-15)87-11-21-29(71)45(99-53-37(79)33(75)25(67)17(7-61)93-53)41(83)55(95-21)97-43-27(69)19(9-63)89-49(39(43)81)57-47(85)13-1-2-14(4-3-13)48(86)58-50-40(82)44(28(70)20(10-64)90-50)98-56-42(84)46(100-54-38(80)34(76)26(68)18(8-62)94-54)30(72)22(96-56)12-88-52-36(78)32(74)24(66)16(6-60)92-52/h1-4,15-46,49-56,59-84H,5-12H2,(H,57,85)(H,58,86)/t15-,16-,17-,18-,19-,20-,21-,22-,23-,24-,25-,26-,27-,28-,29-,30-,31+,32+,33+,34+,35+,36+,37+,38+,39-,40-,41+,42+,43+,44+,45+,46+,49-,50-,51+,52+,53-,54-,55-,56-/m1/s1. The minimum Gasteiger partial charge on any atom is -0.394 e. The molecule has 1 aromatic rings. The molecular formula is C56H88N2O42. The Kier molecular flexibility index (Phi) is 28.1. The van der Waals surface area contributed by atoms with Crippen LogP contribution in [0.3, 0.4) is 0 Å². The molecule has 0 bridgehead atoms. The van der Waals surface area contributed by atoms with Crippen molar-refractivity contribution in [2.24, 2.45) is 0 Å². The summed E-state index contributed by atoms with van der Waals surface area (Å²) in [6, 6.07) is 4.19. The van der Waals surface area contributed by atoms with Crippen molar-refractivity contribution in [1.82, 2.24) is 10.6 Å². The van der Waals surface area contributed by atoms with Crippen LogP contribution < -0.4 is 10.6 Å². The second-order valence-electron chi connectivity index (χ2n) is 24.9. The molecule has 44 nitrogen and oxygen atoms in total. The third-order valence-electron chi connectivity index (χ3n) is 18.4. The fraction of sp³-hybridized carbons (Fsp3) is 0.857. The second kappa shape index (κ2) is 34.9. The fourth-order valence-electron chi connectivity index (χ4n) is 12.3. The van der Waals surface area contributed by atoms with Gasteiger partial charge in [0.2, 0.25) is 0 Å². The van der Waals surface area contributed by atoms with Gasteiger partial charge in [-0.2, -0.15) is 0 Å². The maximum atomic E-state index is 13.9. The monoisotopic (exact) mass is 1460 g/mol. The van der Waals surface area contributed by atoms with E-state index >= 15 is 0 Å². The summed E-state index contributed by atoms with van der Waals surface area (Å²) in [5.41, 5.74) is -0.584. The average Bonchev–Trinajstić information content (AvgIpc) is 0.781. The van der Waals surface area contributed by atoms with E-state index in [0.29, 0.717) is 0 Å². The maximum Gasteiger partial charge on any atom is 0.253 e. The Bertz CT molecular complexity index is 2540. The number of amides is 2. The number of aliphatic hydroxyl groups excluding tert-OH is 26. The van der Waals surface area contributed by atoms with Gasteiger partial charge >= 0.3 is 0 Å². The van der Waals surface area contributed by atoms with Crippen LogP contribution in [-0.2, 0) is 66.3 Å². The van der Waals surface area contributed by atoms with Crippen LogP contribution in [0.2, 0.25) is 0 Å². The van der Waals surface area contributed by atoms with Crippen molar-refractivity contribution in [2.45, 2.75) is 246 Å². The largest absolute Gasteiger partial charge is 0.394 e. The zero-order valence-electron chi connectivity index (χ0n) is 52.2. The number of carbonyl (C=O) groups excluding carboxylic acids is 2. The Hall–Kier alpha value is -3.44. The zero-order chi connectivity index (χ0) is 73.2. The van der Waals surface area contributed by atoms with E-state index in [9.17, 15) is 142 Å².